The molecule has 2 N–H and O–H groups in total. The van der Waals surface area contributed by atoms with E-state index in [1.165, 1.54) is 13.3 Å². The Balaban J connectivity index is 2.07. The second kappa shape index (κ2) is 4.59. The van der Waals surface area contributed by atoms with Crippen molar-refractivity contribution in [1.82, 2.24) is 4.57 Å². The first kappa shape index (κ1) is 14.1. The van der Waals surface area contributed by atoms with Gasteiger partial charge in [-0.1, -0.05) is 0 Å². The van der Waals surface area contributed by atoms with E-state index >= 15 is 0 Å². The van der Waals surface area contributed by atoms with E-state index in [-0.39, 0.29) is 22.4 Å². The Morgan fingerprint density at radius 1 is 1.24 bits per heavy atom. The molecule has 0 aliphatic heterocycles. The molecule has 0 amide bonds. The van der Waals surface area contributed by atoms with Crippen LogP contribution in [-0.2, 0) is 10.3 Å². The Morgan fingerprint density at radius 3 is 2.33 bits per heavy atom. The summed E-state index contributed by atoms with van der Waals surface area (Å²) in [5, 5.41) is 20.0. The van der Waals surface area contributed by atoms with Gasteiger partial charge in [-0.25, -0.2) is 4.79 Å². The summed E-state index contributed by atoms with van der Waals surface area (Å²) in [4.78, 5) is 23.9. The molecule has 2 bridgehead atoms. The van der Waals surface area contributed by atoms with E-state index in [1.807, 2.05) is 0 Å². The summed E-state index contributed by atoms with van der Waals surface area (Å²) in [7, 11) is 1.23. The lowest BCUT2D eigenvalue weighted by Crippen LogP contribution is -2.53. The van der Waals surface area contributed by atoms with E-state index in [9.17, 15) is 19.8 Å². The monoisotopic (exact) mass is 293 g/mol. The minimum absolute atomic E-state index is 0.00196. The zero-order valence-corrected chi connectivity index (χ0v) is 12.0. The zero-order valence-electron chi connectivity index (χ0n) is 12.0. The molecule has 3 fully saturated rings. The van der Waals surface area contributed by atoms with Crippen molar-refractivity contribution in [3.8, 4) is 5.75 Å². The van der Waals surface area contributed by atoms with Gasteiger partial charge in [-0.3, -0.25) is 4.79 Å². The molecule has 3 aliphatic carbocycles. The van der Waals surface area contributed by atoms with Crippen LogP contribution in [-0.4, -0.2) is 33.5 Å². The predicted octanol–water partition coefficient (Wildman–Crippen LogP) is 1.13. The summed E-state index contributed by atoms with van der Waals surface area (Å²) in [5.41, 5.74) is -1.28. The smallest absolute Gasteiger partial charge is 0.343 e. The zero-order chi connectivity index (χ0) is 15.3. The molecule has 6 heteroatoms. The second-order valence-corrected chi connectivity index (χ2v) is 6.22. The quantitative estimate of drug-likeness (QED) is 0.798. The van der Waals surface area contributed by atoms with Crippen molar-refractivity contribution in [2.24, 2.45) is 0 Å². The first-order chi connectivity index (χ1) is 9.89. The number of pyridine rings is 1. The first-order valence-electron chi connectivity index (χ1n) is 7.16. The number of ether oxygens (including phenoxy) is 1. The topological polar surface area (TPSA) is 88.8 Å². The van der Waals surface area contributed by atoms with Crippen LogP contribution in [0.25, 0.3) is 0 Å². The summed E-state index contributed by atoms with van der Waals surface area (Å²) in [6, 6.07) is 1.07. The average Bonchev–Trinajstić information content (AvgIpc) is 2.48. The summed E-state index contributed by atoms with van der Waals surface area (Å²) in [6.07, 6.45) is 5.49. The highest BCUT2D eigenvalue weighted by molar-refractivity contribution is 5.91. The first-order valence-corrected chi connectivity index (χ1v) is 7.16. The van der Waals surface area contributed by atoms with E-state index in [0.29, 0.717) is 38.5 Å². The van der Waals surface area contributed by atoms with Gasteiger partial charge in [-0.15, -0.1) is 0 Å². The van der Waals surface area contributed by atoms with E-state index in [0.717, 1.165) is 6.07 Å². The third kappa shape index (κ3) is 2.14. The third-order valence-electron chi connectivity index (χ3n) is 5.12. The van der Waals surface area contributed by atoms with Crippen LogP contribution in [0.5, 0.6) is 5.75 Å². The number of hydrogen-bond donors (Lipinski definition) is 2. The Hall–Kier alpha value is -1.82. The lowest BCUT2D eigenvalue weighted by Gasteiger charge is -2.51. The van der Waals surface area contributed by atoms with Gasteiger partial charge in [0.25, 0.3) is 5.56 Å². The number of aromatic nitrogens is 1. The lowest BCUT2D eigenvalue weighted by atomic mass is 9.63. The van der Waals surface area contributed by atoms with Crippen LogP contribution in [0.4, 0.5) is 0 Å². The summed E-state index contributed by atoms with van der Waals surface area (Å²) in [5.74, 6) is -1.02. The molecular weight excluding hydrogens is 274 g/mol. The highest BCUT2D eigenvalue weighted by atomic mass is 16.5. The van der Waals surface area contributed by atoms with E-state index in [2.05, 4.69) is 4.74 Å². The number of aromatic hydroxyl groups is 1. The van der Waals surface area contributed by atoms with Crippen molar-refractivity contribution in [3.05, 3.63) is 28.2 Å². The van der Waals surface area contributed by atoms with Crippen molar-refractivity contribution in [1.29, 1.82) is 0 Å². The minimum Gasteiger partial charge on any atom is -0.507 e. The van der Waals surface area contributed by atoms with E-state index in [4.69, 9.17) is 0 Å². The number of carbonyl (C=O) groups is 1. The Kier molecular flexibility index (Phi) is 3.09. The fourth-order valence-electron chi connectivity index (χ4n) is 3.67. The van der Waals surface area contributed by atoms with Crippen LogP contribution in [0, 0.1) is 0 Å². The second-order valence-electron chi connectivity index (χ2n) is 6.22. The Labute approximate surface area is 122 Å². The molecule has 0 radical (unpaired) electrons. The van der Waals surface area contributed by atoms with Crippen molar-refractivity contribution < 1.29 is 19.7 Å². The van der Waals surface area contributed by atoms with Crippen molar-refractivity contribution in [2.75, 3.05) is 7.11 Å². The fraction of sp³-hybridized carbons (Fsp3) is 0.600. The van der Waals surface area contributed by atoms with Gasteiger partial charge in [0.05, 0.1) is 12.7 Å². The molecule has 0 saturated heterocycles. The maximum atomic E-state index is 12.3. The third-order valence-corrected chi connectivity index (χ3v) is 5.12. The molecule has 0 spiro atoms. The van der Waals surface area contributed by atoms with Crippen LogP contribution in [0.2, 0.25) is 0 Å². The molecule has 1 heterocycles. The highest BCUT2D eigenvalue weighted by Gasteiger charge is 2.49. The molecule has 6 nitrogen and oxygen atoms in total. The summed E-state index contributed by atoms with van der Waals surface area (Å²) in [6.45, 7) is 0. The number of nitrogens with zero attached hydrogens (tertiary/aromatic N) is 1. The van der Waals surface area contributed by atoms with Gasteiger partial charge >= 0.3 is 5.97 Å². The molecule has 114 valence electrons. The van der Waals surface area contributed by atoms with Crippen LogP contribution < -0.4 is 5.56 Å². The van der Waals surface area contributed by atoms with E-state index < -0.39 is 11.6 Å². The molecule has 0 unspecified atom stereocenters. The maximum absolute atomic E-state index is 12.3. The Morgan fingerprint density at radius 2 is 1.81 bits per heavy atom. The largest absolute Gasteiger partial charge is 0.507 e. The van der Waals surface area contributed by atoms with Gasteiger partial charge in [0.2, 0.25) is 0 Å². The van der Waals surface area contributed by atoms with Crippen LogP contribution in [0.3, 0.4) is 0 Å². The number of hydrogen-bond acceptors (Lipinski definition) is 5. The van der Waals surface area contributed by atoms with E-state index in [1.54, 1.807) is 4.57 Å². The minimum atomic E-state index is -0.666. The van der Waals surface area contributed by atoms with Crippen LogP contribution in [0.15, 0.2) is 17.1 Å². The molecule has 4 rings (SSSR count). The van der Waals surface area contributed by atoms with Crippen LogP contribution >= 0.6 is 0 Å². The van der Waals surface area contributed by atoms with Gasteiger partial charge in [0.15, 0.2) is 0 Å². The molecule has 0 aromatic carbocycles. The highest BCUT2D eigenvalue weighted by Crippen LogP contribution is 2.50. The number of aliphatic hydroxyl groups is 1. The average molecular weight is 293 g/mol. The predicted molar refractivity (Wildman–Crippen MR) is 74.3 cm³/mol. The maximum Gasteiger partial charge on any atom is 0.343 e. The summed E-state index contributed by atoms with van der Waals surface area (Å²) >= 11 is 0. The standard InChI is InChI=1S/C15H19NO5/c1-21-13(19)10-9-16(12(18)8-11(10)17)14-2-5-15(20,6-3-14)7-4-14/h8-9,17,20H,2-7H2,1H3. The summed E-state index contributed by atoms with van der Waals surface area (Å²) < 4.78 is 6.19. The van der Waals surface area contributed by atoms with Gasteiger partial charge in [-0.2, -0.15) is 0 Å². The number of methoxy groups -OCH3 is 1. The lowest BCUT2D eigenvalue weighted by molar-refractivity contribution is -0.0867. The molecule has 21 heavy (non-hydrogen) atoms. The molecular formula is C15H19NO5. The normalized spacial score (nSPS) is 31.1. The van der Waals surface area contributed by atoms with Crippen molar-refractivity contribution >= 4 is 5.97 Å². The van der Waals surface area contributed by atoms with Gasteiger partial charge in [0.1, 0.15) is 11.3 Å². The molecule has 3 aliphatic rings. The molecule has 1 aromatic rings. The van der Waals surface area contributed by atoms with Crippen molar-refractivity contribution in [2.45, 2.75) is 49.7 Å². The number of fused-ring (bicyclic) bond motifs is 3. The van der Waals surface area contributed by atoms with Gasteiger partial charge < -0.3 is 19.5 Å². The number of esters is 1. The van der Waals surface area contributed by atoms with Gasteiger partial charge in [0, 0.05) is 17.8 Å². The molecule has 1 aromatic heterocycles. The molecule has 3 saturated carbocycles. The number of rotatable bonds is 2. The SMILES string of the molecule is COC(=O)c1cn(C23CCC(O)(CC2)CC3)c(=O)cc1O. The van der Waals surface area contributed by atoms with Crippen LogP contribution in [0.1, 0.15) is 48.9 Å². The fourth-order valence-corrected chi connectivity index (χ4v) is 3.67. The van der Waals surface area contributed by atoms with Crippen molar-refractivity contribution in [3.63, 3.8) is 0 Å². The number of carbonyl (C=O) groups excluding carboxylic acids is 1. The van der Waals surface area contributed by atoms with Gasteiger partial charge in [-0.05, 0) is 38.5 Å². The Bertz CT molecular complexity index is 623. The molecule has 0 atom stereocenters.